The fraction of sp³-hybridized carbons (Fsp3) is 0.440. The Kier molecular flexibility index (Phi) is 7.42. The van der Waals surface area contributed by atoms with Gasteiger partial charge in [-0.25, -0.2) is 4.39 Å². The van der Waals surface area contributed by atoms with Crippen LogP contribution in [0, 0.1) is 11.2 Å². The average Bonchev–Trinajstić information content (AvgIpc) is 2.79. The first-order chi connectivity index (χ1) is 16.6. The molecule has 2 aliphatic rings. The summed E-state index contributed by atoms with van der Waals surface area (Å²) in [6.45, 7) is 8.17. The molecular weight excluding hydrogens is 469 g/mol. The van der Waals surface area contributed by atoms with E-state index in [2.05, 4.69) is 19.9 Å². The van der Waals surface area contributed by atoms with Crippen LogP contribution in [0.5, 0.6) is 0 Å². The maximum Gasteiger partial charge on any atom is 0.286 e. The van der Waals surface area contributed by atoms with E-state index < -0.39 is 15.4 Å². The SMILES string of the molecule is CC(C)(CC(=O)NCCN1CCN(c2ccccc2F)CC1)CC1=NS(=O)(=O)c2ccccc2N1. The van der Waals surface area contributed by atoms with Gasteiger partial charge in [-0.05, 0) is 29.7 Å². The lowest BCUT2D eigenvalue weighted by molar-refractivity contribution is -0.122. The van der Waals surface area contributed by atoms with Crippen molar-refractivity contribution in [1.82, 2.24) is 10.2 Å². The monoisotopic (exact) mass is 501 g/mol. The van der Waals surface area contributed by atoms with Crippen LogP contribution in [0.15, 0.2) is 57.8 Å². The topological polar surface area (TPSA) is 94.1 Å². The van der Waals surface area contributed by atoms with E-state index in [9.17, 15) is 17.6 Å². The molecule has 0 radical (unpaired) electrons. The number of hydrogen-bond donors (Lipinski definition) is 2. The predicted octanol–water partition coefficient (Wildman–Crippen LogP) is 3.08. The van der Waals surface area contributed by atoms with Gasteiger partial charge in [0.1, 0.15) is 16.5 Å². The van der Waals surface area contributed by atoms with Crippen LogP contribution in [0.3, 0.4) is 0 Å². The molecule has 1 saturated heterocycles. The molecule has 0 saturated carbocycles. The van der Waals surface area contributed by atoms with E-state index in [-0.39, 0.29) is 23.0 Å². The van der Waals surface area contributed by atoms with E-state index in [0.717, 1.165) is 32.7 Å². The summed E-state index contributed by atoms with van der Waals surface area (Å²) in [5.74, 6) is 0.0564. The minimum Gasteiger partial charge on any atom is -0.367 e. The van der Waals surface area contributed by atoms with Gasteiger partial charge in [0, 0.05) is 52.1 Å². The van der Waals surface area contributed by atoms with Crippen molar-refractivity contribution >= 4 is 33.1 Å². The fourth-order valence-corrected chi connectivity index (χ4v) is 5.68. The lowest BCUT2D eigenvalue weighted by Gasteiger charge is -2.36. The Morgan fingerprint density at radius 3 is 2.51 bits per heavy atom. The number of rotatable bonds is 8. The second-order valence-electron chi connectivity index (χ2n) is 9.78. The van der Waals surface area contributed by atoms with Crippen LogP contribution in [0.2, 0.25) is 0 Å². The lowest BCUT2D eigenvalue weighted by atomic mass is 9.84. The number of fused-ring (bicyclic) bond motifs is 1. The normalized spacial score (nSPS) is 17.8. The summed E-state index contributed by atoms with van der Waals surface area (Å²) in [5, 5.41) is 6.07. The molecule has 0 aromatic heterocycles. The highest BCUT2D eigenvalue weighted by Gasteiger charge is 2.30. The molecule has 2 aromatic carbocycles. The molecule has 0 aliphatic carbocycles. The molecule has 1 amide bonds. The van der Waals surface area contributed by atoms with Crippen LogP contribution in [-0.2, 0) is 14.8 Å². The molecule has 2 heterocycles. The van der Waals surface area contributed by atoms with Gasteiger partial charge in [-0.15, -0.1) is 4.40 Å². The van der Waals surface area contributed by atoms with Crippen LogP contribution in [-0.4, -0.2) is 64.3 Å². The van der Waals surface area contributed by atoms with E-state index in [1.165, 1.54) is 12.1 Å². The molecule has 4 rings (SSSR count). The molecule has 0 unspecified atom stereocenters. The van der Waals surface area contributed by atoms with Crippen LogP contribution in [0.25, 0.3) is 0 Å². The summed E-state index contributed by atoms with van der Waals surface area (Å²) in [7, 11) is -3.75. The first kappa shape index (κ1) is 25.1. The van der Waals surface area contributed by atoms with Crippen molar-refractivity contribution in [1.29, 1.82) is 0 Å². The summed E-state index contributed by atoms with van der Waals surface area (Å²) in [5.41, 5.74) is 0.659. The number of carbonyl (C=O) groups excluding carboxylic acids is 1. The number of halogens is 1. The van der Waals surface area contributed by atoms with E-state index in [4.69, 9.17) is 0 Å². The first-order valence-corrected chi connectivity index (χ1v) is 13.3. The van der Waals surface area contributed by atoms with Gasteiger partial charge in [0.25, 0.3) is 10.0 Å². The first-order valence-electron chi connectivity index (χ1n) is 11.8. The standard InChI is InChI=1S/C25H32FN5O3S/c1-25(2,17-23-28-20-8-4-6-10-22(20)35(33,34)29-23)18-24(32)27-11-12-30-13-15-31(16-14-30)21-9-5-3-7-19(21)26/h3-10H,11-18H2,1-2H3,(H,27,32)(H,28,29). The Bertz CT molecular complexity index is 1210. The Morgan fingerprint density at radius 1 is 1.09 bits per heavy atom. The number of nitrogens with one attached hydrogen (secondary N) is 2. The molecule has 35 heavy (non-hydrogen) atoms. The molecule has 0 spiro atoms. The Morgan fingerprint density at radius 2 is 1.77 bits per heavy atom. The summed E-state index contributed by atoms with van der Waals surface area (Å²) >= 11 is 0. The highest BCUT2D eigenvalue weighted by atomic mass is 32.2. The molecular formula is C25H32FN5O3S. The third kappa shape index (κ3) is 6.37. The molecule has 0 bridgehead atoms. The van der Waals surface area contributed by atoms with Crippen LogP contribution < -0.4 is 15.5 Å². The molecule has 10 heteroatoms. The zero-order valence-electron chi connectivity index (χ0n) is 20.1. The maximum absolute atomic E-state index is 14.0. The summed E-state index contributed by atoms with van der Waals surface area (Å²) in [6, 6.07) is 13.5. The number of piperazine rings is 1. The van der Waals surface area contributed by atoms with E-state index in [0.29, 0.717) is 30.2 Å². The van der Waals surface area contributed by atoms with Crippen LogP contribution in [0.1, 0.15) is 26.7 Å². The van der Waals surface area contributed by atoms with E-state index >= 15 is 0 Å². The van der Waals surface area contributed by atoms with Crippen molar-refractivity contribution < 1.29 is 17.6 Å². The highest BCUT2D eigenvalue weighted by molar-refractivity contribution is 7.90. The average molecular weight is 502 g/mol. The summed E-state index contributed by atoms with van der Waals surface area (Å²) < 4.78 is 42.9. The van der Waals surface area contributed by atoms with Gasteiger partial charge in [0.2, 0.25) is 5.91 Å². The molecule has 2 N–H and O–H groups in total. The smallest absolute Gasteiger partial charge is 0.286 e. The molecule has 0 atom stereocenters. The van der Waals surface area contributed by atoms with E-state index in [1.54, 1.807) is 30.3 Å². The number of benzene rings is 2. The molecule has 2 aliphatic heterocycles. The minimum absolute atomic E-state index is 0.0836. The molecule has 8 nitrogen and oxygen atoms in total. The van der Waals surface area contributed by atoms with Crippen molar-refractivity contribution in [3.05, 3.63) is 54.3 Å². The Balaban J connectivity index is 1.21. The maximum atomic E-state index is 14.0. The fourth-order valence-electron chi connectivity index (χ4n) is 4.53. The molecule has 2 aromatic rings. The number of para-hydroxylation sites is 2. The second kappa shape index (κ2) is 10.3. The summed E-state index contributed by atoms with van der Waals surface area (Å²) in [4.78, 5) is 17.1. The number of amides is 1. The zero-order valence-corrected chi connectivity index (χ0v) is 20.9. The number of anilines is 2. The third-order valence-corrected chi connectivity index (χ3v) is 7.65. The number of sulfonamides is 1. The van der Waals surface area contributed by atoms with Gasteiger partial charge in [-0.3, -0.25) is 9.69 Å². The Hall–Kier alpha value is -2.98. The summed E-state index contributed by atoms with van der Waals surface area (Å²) in [6.07, 6.45) is 0.572. The van der Waals surface area contributed by atoms with Crippen LogP contribution in [0.4, 0.5) is 15.8 Å². The van der Waals surface area contributed by atoms with Gasteiger partial charge in [0.15, 0.2) is 0 Å². The van der Waals surface area contributed by atoms with Crippen molar-refractivity contribution in [2.45, 2.75) is 31.6 Å². The van der Waals surface area contributed by atoms with Crippen molar-refractivity contribution in [3.8, 4) is 0 Å². The van der Waals surface area contributed by atoms with Gasteiger partial charge in [-0.2, -0.15) is 8.42 Å². The third-order valence-electron chi connectivity index (χ3n) is 6.28. The van der Waals surface area contributed by atoms with Gasteiger partial charge in [-0.1, -0.05) is 38.1 Å². The zero-order chi connectivity index (χ0) is 25.1. The molecule has 188 valence electrons. The largest absolute Gasteiger partial charge is 0.367 e. The van der Waals surface area contributed by atoms with Gasteiger partial charge in [0.05, 0.1) is 11.4 Å². The lowest BCUT2D eigenvalue weighted by Crippen LogP contribution is -2.48. The van der Waals surface area contributed by atoms with E-state index in [1.807, 2.05) is 24.8 Å². The number of carbonyl (C=O) groups is 1. The molecule has 1 fully saturated rings. The Labute approximate surface area is 206 Å². The number of hydrogen-bond acceptors (Lipinski definition) is 6. The van der Waals surface area contributed by atoms with Gasteiger partial charge < -0.3 is 15.5 Å². The number of nitrogens with zero attached hydrogens (tertiary/aromatic N) is 3. The van der Waals surface area contributed by atoms with Gasteiger partial charge >= 0.3 is 0 Å². The number of amidine groups is 1. The van der Waals surface area contributed by atoms with Crippen molar-refractivity contribution in [3.63, 3.8) is 0 Å². The van der Waals surface area contributed by atoms with Crippen molar-refractivity contribution in [2.75, 3.05) is 49.5 Å². The van der Waals surface area contributed by atoms with Crippen molar-refractivity contribution in [2.24, 2.45) is 9.81 Å². The second-order valence-corrected chi connectivity index (χ2v) is 11.4. The quantitative estimate of drug-likeness (QED) is 0.578. The minimum atomic E-state index is -3.75. The van der Waals surface area contributed by atoms with Crippen LogP contribution >= 0.6 is 0 Å². The highest BCUT2D eigenvalue weighted by Crippen LogP contribution is 2.32. The predicted molar refractivity (Wildman–Crippen MR) is 136 cm³/mol.